The van der Waals surface area contributed by atoms with Crippen LogP contribution in [0, 0.1) is 5.82 Å². The minimum atomic E-state index is -0.416. The highest BCUT2D eigenvalue weighted by atomic mass is 19.1. The van der Waals surface area contributed by atoms with Crippen molar-refractivity contribution in [2.24, 2.45) is 5.73 Å². The summed E-state index contributed by atoms with van der Waals surface area (Å²) in [6, 6.07) is 4.77. The van der Waals surface area contributed by atoms with Gasteiger partial charge in [0.15, 0.2) is 18.2 Å². The molecule has 1 aromatic heterocycles. The van der Waals surface area contributed by atoms with Crippen molar-refractivity contribution in [3.8, 4) is 5.75 Å². The van der Waals surface area contributed by atoms with Crippen LogP contribution in [0.4, 0.5) is 4.39 Å². The molecule has 0 bridgehead atoms. The second kappa shape index (κ2) is 6.29. The van der Waals surface area contributed by atoms with Crippen molar-refractivity contribution < 1.29 is 13.5 Å². The minimum absolute atomic E-state index is 0.0471. The van der Waals surface area contributed by atoms with E-state index in [2.05, 4.69) is 10.2 Å². The smallest absolute Gasteiger partial charge is 0.253 e. The van der Waals surface area contributed by atoms with Gasteiger partial charge < -0.3 is 14.9 Å². The quantitative estimate of drug-likeness (QED) is 0.862. The molecule has 102 valence electrons. The van der Waals surface area contributed by atoms with Crippen LogP contribution in [0.1, 0.15) is 24.3 Å². The van der Waals surface area contributed by atoms with E-state index in [-0.39, 0.29) is 12.4 Å². The number of hydrogen-bond acceptors (Lipinski definition) is 5. The van der Waals surface area contributed by atoms with E-state index in [0.717, 1.165) is 5.56 Å². The summed E-state index contributed by atoms with van der Waals surface area (Å²) < 4.78 is 24.5. The Morgan fingerprint density at radius 3 is 2.79 bits per heavy atom. The van der Waals surface area contributed by atoms with Gasteiger partial charge in [0.05, 0.1) is 0 Å². The minimum Gasteiger partial charge on any atom is -0.480 e. The lowest BCUT2D eigenvalue weighted by Crippen LogP contribution is -2.07. The molecule has 5 nitrogen and oxygen atoms in total. The maximum Gasteiger partial charge on any atom is 0.253 e. The fourth-order valence-corrected chi connectivity index (χ4v) is 1.69. The number of nitrogens with two attached hydrogens (primary N) is 1. The van der Waals surface area contributed by atoms with Gasteiger partial charge in [0.2, 0.25) is 5.89 Å². The van der Waals surface area contributed by atoms with Gasteiger partial charge in [0.25, 0.3) is 5.89 Å². The van der Waals surface area contributed by atoms with E-state index in [0.29, 0.717) is 31.2 Å². The summed E-state index contributed by atoms with van der Waals surface area (Å²) in [6.45, 7) is 2.39. The zero-order valence-corrected chi connectivity index (χ0v) is 10.7. The molecule has 1 heterocycles. The standard InChI is InChI=1S/C13H16FN3O2/c1-2-11-16-17-12(19-11)8-18-13-9(6-7-15)4-3-5-10(13)14/h3-5H,2,6-8,15H2,1H3. The molecule has 0 fully saturated rings. The maximum absolute atomic E-state index is 13.7. The van der Waals surface area contributed by atoms with Gasteiger partial charge in [-0.2, -0.15) is 0 Å². The third-order valence-electron chi connectivity index (χ3n) is 2.61. The molecule has 6 heteroatoms. The second-order valence-corrected chi connectivity index (χ2v) is 4.00. The average molecular weight is 265 g/mol. The SMILES string of the molecule is CCc1nnc(COc2c(F)cccc2CCN)o1. The Bertz CT molecular complexity index is 542. The van der Waals surface area contributed by atoms with Crippen molar-refractivity contribution in [1.29, 1.82) is 0 Å². The molecule has 0 unspecified atom stereocenters. The largest absolute Gasteiger partial charge is 0.480 e. The lowest BCUT2D eigenvalue weighted by Gasteiger charge is -2.10. The van der Waals surface area contributed by atoms with Crippen molar-refractivity contribution in [3.05, 3.63) is 41.4 Å². The van der Waals surface area contributed by atoms with E-state index in [4.69, 9.17) is 14.9 Å². The number of rotatable bonds is 6. The van der Waals surface area contributed by atoms with Crippen LogP contribution in [0.25, 0.3) is 0 Å². The van der Waals surface area contributed by atoms with Crippen LogP contribution in [0.5, 0.6) is 5.75 Å². The fraction of sp³-hybridized carbons (Fsp3) is 0.385. The Balaban J connectivity index is 2.09. The van der Waals surface area contributed by atoms with E-state index in [1.165, 1.54) is 6.07 Å². The lowest BCUT2D eigenvalue weighted by atomic mass is 10.1. The molecule has 0 spiro atoms. The summed E-state index contributed by atoms with van der Waals surface area (Å²) in [6.07, 6.45) is 1.21. The Kier molecular flexibility index (Phi) is 4.46. The molecule has 0 atom stereocenters. The van der Waals surface area contributed by atoms with Gasteiger partial charge in [-0.05, 0) is 24.6 Å². The Morgan fingerprint density at radius 1 is 1.32 bits per heavy atom. The Hall–Kier alpha value is -1.95. The number of hydrogen-bond donors (Lipinski definition) is 1. The molecule has 2 rings (SSSR count). The van der Waals surface area contributed by atoms with Crippen LogP contribution in [0.15, 0.2) is 22.6 Å². The van der Waals surface area contributed by atoms with Crippen molar-refractivity contribution in [1.82, 2.24) is 10.2 Å². The normalized spacial score (nSPS) is 10.7. The predicted octanol–water partition coefficient (Wildman–Crippen LogP) is 1.85. The maximum atomic E-state index is 13.7. The summed E-state index contributed by atoms with van der Waals surface area (Å²) in [5, 5.41) is 7.64. The van der Waals surface area contributed by atoms with Crippen LogP contribution < -0.4 is 10.5 Å². The lowest BCUT2D eigenvalue weighted by molar-refractivity contribution is 0.246. The number of aryl methyl sites for hydroxylation is 1. The van der Waals surface area contributed by atoms with Gasteiger partial charge >= 0.3 is 0 Å². The van der Waals surface area contributed by atoms with E-state index < -0.39 is 5.82 Å². The van der Waals surface area contributed by atoms with Gasteiger partial charge in [-0.3, -0.25) is 0 Å². The van der Waals surface area contributed by atoms with E-state index in [1.807, 2.05) is 6.92 Å². The molecule has 0 aliphatic carbocycles. The van der Waals surface area contributed by atoms with Crippen LogP contribution >= 0.6 is 0 Å². The first kappa shape index (κ1) is 13.5. The molecule has 0 radical (unpaired) electrons. The van der Waals surface area contributed by atoms with Crippen LogP contribution in [-0.2, 0) is 19.4 Å². The highest BCUT2D eigenvalue weighted by Crippen LogP contribution is 2.23. The molecule has 1 aromatic carbocycles. The highest BCUT2D eigenvalue weighted by molar-refractivity contribution is 5.35. The first-order chi connectivity index (χ1) is 9.24. The van der Waals surface area contributed by atoms with E-state index in [9.17, 15) is 4.39 Å². The number of aromatic nitrogens is 2. The zero-order chi connectivity index (χ0) is 13.7. The second-order valence-electron chi connectivity index (χ2n) is 4.00. The van der Waals surface area contributed by atoms with Crippen LogP contribution in [0.3, 0.4) is 0 Å². The number of ether oxygens (including phenoxy) is 1. The monoisotopic (exact) mass is 265 g/mol. The number of nitrogens with zero attached hydrogens (tertiary/aromatic N) is 2. The predicted molar refractivity (Wildman–Crippen MR) is 67.2 cm³/mol. The average Bonchev–Trinajstić information content (AvgIpc) is 2.86. The van der Waals surface area contributed by atoms with Gasteiger partial charge in [-0.15, -0.1) is 10.2 Å². The molecule has 0 aliphatic heterocycles. The highest BCUT2D eigenvalue weighted by Gasteiger charge is 2.11. The van der Waals surface area contributed by atoms with Crippen molar-refractivity contribution in [2.45, 2.75) is 26.4 Å². The molecule has 19 heavy (non-hydrogen) atoms. The zero-order valence-electron chi connectivity index (χ0n) is 10.7. The molecule has 0 amide bonds. The molecule has 0 aliphatic rings. The molecule has 0 saturated heterocycles. The molecule has 2 aromatic rings. The topological polar surface area (TPSA) is 74.2 Å². The summed E-state index contributed by atoms with van der Waals surface area (Å²) in [5.41, 5.74) is 6.22. The molecule has 0 saturated carbocycles. The summed E-state index contributed by atoms with van der Waals surface area (Å²) >= 11 is 0. The first-order valence-electron chi connectivity index (χ1n) is 6.16. The van der Waals surface area contributed by atoms with Gasteiger partial charge in [0.1, 0.15) is 0 Å². The number of benzene rings is 1. The third-order valence-corrected chi connectivity index (χ3v) is 2.61. The molecular weight excluding hydrogens is 249 g/mol. The van der Waals surface area contributed by atoms with E-state index >= 15 is 0 Å². The third kappa shape index (κ3) is 3.29. The van der Waals surface area contributed by atoms with Gasteiger partial charge in [-0.1, -0.05) is 19.1 Å². The van der Waals surface area contributed by atoms with Crippen molar-refractivity contribution in [3.63, 3.8) is 0 Å². The van der Waals surface area contributed by atoms with Crippen LogP contribution in [0.2, 0.25) is 0 Å². The van der Waals surface area contributed by atoms with Crippen molar-refractivity contribution >= 4 is 0 Å². The van der Waals surface area contributed by atoms with Gasteiger partial charge in [-0.25, -0.2) is 4.39 Å². The van der Waals surface area contributed by atoms with Gasteiger partial charge in [0, 0.05) is 6.42 Å². The van der Waals surface area contributed by atoms with Crippen molar-refractivity contribution in [2.75, 3.05) is 6.54 Å². The number of halogens is 1. The fourth-order valence-electron chi connectivity index (χ4n) is 1.69. The first-order valence-corrected chi connectivity index (χ1v) is 6.16. The Morgan fingerprint density at radius 2 is 2.11 bits per heavy atom. The molecular formula is C13H16FN3O2. The molecule has 2 N–H and O–H groups in total. The van der Waals surface area contributed by atoms with Crippen LogP contribution in [-0.4, -0.2) is 16.7 Å². The summed E-state index contributed by atoms with van der Waals surface area (Å²) in [4.78, 5) is 0. The summed E-state index contributed by atoms with van der Waals surface area (Å²) in [5.74, 6) is 0.651. The Labute approximate surface area is 110 Å². The van der Waals surface area contributed by atoms with E-state index in [1.54, 1.807) is 12.1 Å². The summed E-state index contributed by atoms with van der Waals surface area (Å²) in [7, 11) is 0. The number of para-hydroxylation sites is 1.